The molecule has 6 heteroatoms. The molecule has 1 aromatic rings. The second-order valence-corrected chi connectivity index (χ2v) is 4.73. The largest absolute Gasteiger partial charge is 0.395 e. The van der Waals surface area contributed by atoms with Crippen molar-refractivity contribution >= 4 is 11.8 Å². The van der Waals surface area contributed by atoms with Crippen LogP contribution in [-0.4, -0.2) is 53.0 Å². The summed E-state index contributed by atoms with van der Waals surface area (Å²) in [6.07, 6.45) is 4.66. The van der Waals surface area contributed by atoms with Crippen LogP contribution in [0, 0.1) is 0 Å². The Balaban J connectivity index is 2.87. The van der Waals surface area contributed by atoms with E-state index >= 15 is 0 Å². The van der Waals surface area contributed by atoms with Crippen LogP contribution in [0.1, 0.15) is 47.4 Å². The van der Waals surface area contributed by atoms with E-state index in [-0.39, 0.29) is 25.0 Å². The molecule has 0 aliphatic heterocycles. The Bertz CT molecular complexity index is 471. The van der Waals surface area contributed by atoms with E-state index in [2.05, 4.69) is 10.3 Å². The van der Waals surface area contributed by atoms with Gasteiger partial charge in [0.15, 0.2) is 0 Å². The minimum Gasteiger partial charge on any atom is -0.395 e. The van der Waals surface area contributed by atoms with Gasteiger partial charge in [-0.2, -0.15) is 0 Å². The van der Waals surface area contributed by atoms with Gasteiger partial charge in [0.1, 0.15) is 0 Å². The molecule has 0 aliphatic rings. The minimum absolute atomic E-state index is 0.108. The van der Waals surface area contributed by atoms with E-state index < -0.39 is 0 Å². The highest BCUT2D eigenvalue weighted by Gasteiger charge is 2.16. The Morgan fingerprint density at radius 1 is 1.19 bits per heavy atom. The fourth-order valence-corrected chi connectivity index (χ4v) is 1.99. The summed E-state index contributed by atoms with van der Waals surface area (Å²) >= 11 is 0. The first-order chi connectivity index (χ1) is 10.1. The summed E-state index contributed by atoms with van der Waals surface area (Å²) in [6.45, 7) is 5.47. The van der Waals surface area contributed by atoms with Gasteiger partial charge in [-0.3, -0.25) is 14.6 Å². The van der Waals surface area contributed by atoms with Crippen molar-refractivity contribution in [1.82, 2.24) is 15.2 Å². The van der Waals surface area contributed by atoms with Crippen molar-refractivity contribution < 1.29 is 14.7 Å². The molecular formula is C15H23N3O3. The van der Waals surface area contributed by atoms with E-state index in [0.29, 0.717) is 24.2 Å². The molecule has 0 spiro atoms. The van der Waals surface area contributed by atoms with Gasteiger partial charge in [-0.1, -0.05) is 13.8 Å². The number of nitrogens with zero attached hydrogens (tertiary/aromatic N) is 2. The first-order valence-electron chi connectivity index (χ1n) is 7.27. The maximum absolute atomic E-state index is 12.4. The molecule has 116 valence electrons. The van der Waals surface area contributed by atoms with Gasteiger partial charge in [0, 0.05) is 32.0 Å². The van der Waals surface area contributed by atoms with Crippen LogP contribution >= 0.6 is 0 Å². The lowest BCUT2D eigenvalue weighted by atomic mass is 10.1. The lowest BCUT2D eigenvalue weighted by Crippen LogP contribution is -2.33. The van der Waals surface area contributed by atoms with Gasteiger partial charge in [-0.05, 0) is 18.9 Å². The fourth-order valence-electron chi connectivity index (χ4n) is 1.99. The number of amides is 2. The fraction of sp³-hybridized carbons (Fsp3) is 0.533. The molecule has 1 heterocycles. The molecule has 0 unspecified atom stereocenters. The molecule has 1 aromatic heterocycles. The highest BCUT2D eigenvalue weighted by molar-refractivity contribution is 5.99. The minimum atomic E-state index is -0.344. The summed E-state index contributed by atoms with van der Waals surface area (Å²) in [5.41, 5.74) is 0.732. The molecule has 0 aliphatic carbocycles. The Morgan fingerprint density at radius 3 is 2.38 bits per heavy atom. The number of pyridine rings is 1. The number of carbonyl (C=O) groups excluding carboxylic acids is 2. The van der Waals surface area contributed by atoms with Crippen LogP contribution in [0.5, 0.6) is 0 Å². The van der Waals surface area contributed by atoms with Gasteiger partial charge in [-0.25, -0.2) is 0 Å². The summed E-state index contributed by atoms with van der Waals surface area (Å²) in [5, 5.41) is 11.2. The van der Waals surface area contributed by atoms with Gasteiger partial charge in [0.05, 0.1) is 17.7 Å². The first-order valence-corrected chi connectivity index (χ1v) is 7.27. The number of nitrogens with one attached hydrogen (secondary N) is 1. The van der Waals surface area contributed by atoms with Crippen molar-refractivity contribution in [2.75, 3.05) is 26.2 Å². The molecular weight excluding hydrogens is 270 g/mol. The molecule has 1 rings (SSSR count). The topological polar surface area (TPSA) is 82.5 Å². The van der Waals surface area contributed by atoms with Crippen molar-refractivity contribution in [3.05, 3.63) is 29.6 Å². The molecule has 0 atom stereocenters. The van der Waals surface area contributed by atoms with Crippen molar-refractivity contribution in [2.24, 2.45) is 0 Å². The van der Waals surface area contributed by atoms with E-state index in [1.54, 1.807) is 11.0 Å². The predicted octanol–water partition coefficient (Wildman–Crippen LogP) is 1.07. The molecule has 6 nitrogen and oxygen atoms in total. The summed E-state index contributed by atoms with van der Waals surface area (Å²) < 4.78 is 0. The van der Waals surface area contributed by atoms with Gasteiger partial charge in [-0.15, -0.1) is 0 Å². The van der Waals surface area contributed by atoms with Gasteiger partial charge in [0.25, 0.3) is 11.8 Å². The Morgan fingerprint density at radius 2 is 1.81 bits per heavy atom. The first kappa shape index (κ1) is 17.1. The van der Waals surface area contributed by atoms with Gasteiger partial charge in [0.2, 0.25) is 0 Å². The maximum atomic E-state index is 12.4. The Kier molecular flexibility index (Phi) is 7.39. The molecule has 0 radical (unpaired) electrons. The van der Waals surface area contributed by atoms with Crippen LogP contribution in [0.15, 0.2) is 18.5 Å². The van der Waals surface area contributed by atoms with E-state index in [0.717, 1.165) is 12.8 Å². The summed E-state index contributed by atoms with van der Waals surface area (Å²) in [7, 11) is 0. The number of hydrogen-bond donors (Lipinski definition) is 2. The molecule has 0 saturated carbocycles. The molecule has 2 N–H and O–H groups in total. The summed E-state index contributed by atoms with van der Waals surface area (Å²) in [5.74, 6) is -0.452. The number of aromatic nitrogens is 1. The highest BCUT2D eigenvalue weighted by atomic mass is 16.3. The number of carbonyl (C=O) groups is 2. The van der Waals surface area contributed by atoms with Gasteiger partial charge >= 0.3 is 0 Å². The van der Waals surface area contributed by atoms with Gasteiger partial charge < -0.3 is 15.3 Å². The molecule has 2 amide bonds. The van der Waals surface area contributed by atoms with Crippen LogP contribution in [0.3, 0.4) is 0 Å². The van der Waals surface area contributed by atoms with Crippen LogP contribution in [0.25, 0.3) is 0 Å². The van der Waals surface area contributed by atoms with Crippen molar-refractivity contribution in [3.8, 4) is 0 Å². The molecule has 0 aromatic carbocycles. The lowest BCUT2D eigenvalue weighted by Gasteiger charge is -2.21. The zero-order valence-electron chi connectivity index (χ0n) is 12.6. The third-order valence-electron chi connectivity index (χ3n) is 2.92. The van der Waals surface area contributed by atoms with Crippen LogP contribution < -0.4 is 5.32 Å². The van der Waals surface area contributed by atoms with Crippen molar-refractivity contribution in [1.29, 1.82) is 0 Å². The third kappa shape index (κ3) is 5.15. The molecule has 0 bridgehead atoms. The second-order valence-electron chi connectivity index (χ2n) is 4.73. The third-order valence-corrected chi connectivity index (χ3v) is 2.92. The Labute approximate surface area is 125 Å². The van der Waals surface area contributed by atoms with Crippen LogP contribution in [0.4, 0.5) is 0 Å². The maximum Gasteiger partial charge on any atom is 0.255 e. The van der Waals surface area contributed by atoms with Crippen LogP contribution in [-0.2, 0) is 0 Å². The predicted molar refractivity (Wildman–Crippen MR) is 80.1 cm³/mol. The summed E-state index contributed by atoms with van der Waals surface area (Å²) in [4.78, 5) is 30.0. The zero-order valence-corrected chi connectivity index (χ0v) is 12.6. The standard InChI is InChI=1S/C15H23N3O3/c1-3-6-18(7-4-2)15(21)13-9-12(10-16-11-13)14(20)17-5-8-19/h9-11,19H,3-8H2,1-2H3,(H,17,20). The monoisotopic (exact) mass is 293 g/mol. The number of aliphatic hydroxyl groups is 1. The normalized spacial score (nSPS) is 10.2. The number of hydrogen-bond acceptors (Lipinski definition) is 4. The van der Waals surface area contributed by atoms with E-state index in [4.69, 9.17) is 5.11 Å². The van der Waals surface area contributed by atoms with Crippen LogP contribution in [0.2, 0.25) is 0 Å². The lowest BCUT2D eigenvalue weighted by molar-refractivity contribution is 0.0755. The number of rotatable bonds is 8. The Hall–Kier alpha value is -1.95. The molecule has 0 saturated heterocycles. The SMILES string of the molecule is CCCN(CCC)C(=O)c1cncc(C(=O)NCCO)c1. The quantitative estimate of drug-likeness (QED) is 0.751. The second kappa shape index (κ2) is 9.07. The average molecular weight is 293 g/mol. The average Bonchev–Trinajstić information content (AvgIpc) is 2.51. The summed E-state index contributed by atoms with van der Waals surface area (Å²) in [6, 6.07) is 1.54. The zero-order chi connectivity index (χ0) is 15.7. The van der Waals surface area contributed by atoms with E-state index in [9.17, 15) is 9.59 Å². The molecule has 0 fully saturated rings. The van der Waals surface area contributed by atoms with E-state index in [1.165, 1.54) is 12.4 Å². The smallest absolute Gasteiger partial charge is 0.255 e. The molecule has 21 heavy (non-hydrogen) atoms. The van der Waals surface area contributed by atoms with E-state index in [1.807, 2.05) is 13.8 Å². The number of aliphatic hydroxyl groups excluding tert-OH is 1. The van der Waals surface area contributed by atoms with Crippen molar-refractivity contribution in [2.45, 2.75) is 26.7 Å². The highest BCUT2D eigenvalue weighted by Crippen LogP contribution is 2.08. The van der Waals surface area contributed by atoms with Crippen molar-refractivity contribution in [3.63, 3.8) is 0 Å².